The molecule has 2 aromatic rings. The number of aromatic nitrogens is 1. The Labute approximate surface area is 192 Å². The molecule has 31 heavy (non-hydrogen) atoms. The number of hydrogen-bond donors (Lipinski definition) is 2. The second kappa shape index (κ2) is 9.02. The number of allylic oxidation sites excluding steroid dienone is 2. The van der Waals surface area contributed by atoms with Gasteiger partial charge in [-0.1, -0.05) is 17.7 Å². The summed E-state index contributed by atoms with van der Waals surface area (Å²) in [5.41, 5.74) is 5.68. The molecule has 4 rings (SSSR count). The Bertz CT molecular complexity index is 1070. The van der Waals surface area contributed by atoms with Gasteiger partial charge in [0.1, 0.15) is 11.0 Å². The Morgan fingerprint density at radius 2 is 2.06 bits per heavy atom. The second-order valence-corrected chi connectivity index (χ2v) is 9.28. The van der Waals surface area contributed by atoms with Crippen LogP contribution in [-0.2, 0) is 6.54 Å². The third kappa shape index (κ3) is 4.49. The van der Waals surface area contributed by atoms with Crippen LogP contribution in [0.3, 0.4) is 0 Å². The first-order chi connectivity index (χ1) is 14.9. The van der Waals surface area contributed by atoms with Crippen molar-refractivity contribution in [3.63, 3.8) is 0 Å². The SMILES string of the molecule is CNCc1cn(Sc2cccc(F)c2)c2c1N(C)CC(NC1=CC=C(Cl)N(C)C1C)=C2. The van der Waals surface area contributed by atoms with Gasteiger partial charge in [0.05, 0.1) is 24.0 Å². The van der Waals surface area contributed by atoms with Crippen LogP contribution in [0.4, 0.5) is 10.1 Å². The van der Waals surface area contributed by atoms with E-state index in [0.29, 0.717) is 0 Å². The number of likely N-dealkylation sites (N-methyl/N-ethyl adjacent to an activating group) is 2. The quantitative estimate of drug-likeness (QED) is 0.618. The van der Waals surface area contributed by atoms with E-state index in [2.05, 4.69) is 45.8 Å². The van der Waals surface area contributed by atoms with Crippen molar-refractivity contribution in [3.05, 3.63) is 76.2 Å². The molecular weight excluding hydrogens is 433 g/mol. The van der Waals surface area contributed by atoms with Crippen molar-refractivity contribution in [2.45, 2.75) is 24.4 Å². The van der Waals surface area contributed by atoms with Gasteiger partial charge in [-0.15, -0.1) is 0 Å². The molecule has 0 aliphatic carbocycles. The number of anilines is 1. The van der Waals surface area contributed by atoms with Crippen molar-refractivity contribution in [3.8, 4) is 0 Å². The lowest BCUT2D eigenvalue weighted by Crippen LogP contribution is -2.38. The van der Waals surface area contributed by atoms with Gasteiger partial charge in [0.15, 0.2) is 0 Å². The number of nitrogens with one attached hydrogen (secondary N) is 2. The van der Waals surface area contributed by atoms with Gasteiger partial charge in [-0.25, -0.2) is 4.39 Å². The van der Waals surface area contributed by atoms with Crippen LogP contribution in [0, 0.1) is 5.82 Å². The summed E-state index contributed by atoms with van der Waals surface area (Å²) in [7, 11) is 6.04. The van der Waals surface area contributed by atoms with E-state index in [1.807, 2.05) is 37.2 Å². The molecule has 1 unspecified atom stereocenters. The molecule has 2 aliphatic heterocycles. The topological polar surface area (TPSA) is 35.5 Å². The summed E-state index contributed by atoms with van der Waals surface area (Å²) in [6.45, 7) is 3.65. The van der Waals surface area contributed by atoms with Crippen LogP contribution in [0.2, 0.25) is 0 Å². The highest BCUT2D eigenvalue weighted by atomic mass is 35.5. The maximum atomic E-state index is 13.7. The molecule has 0 bridgehead atoms. The fourth-order valence-corrected chi connectivity index (χ4v) is 5.07. The molecule has 0 radical (unpaired) electrons. The molecule has 1 aromatic carbocycles. The van der Waals surface area contributed by atoms with E-state index >= 15 is 0 Å². The molecule has 0 spiro atoms. The molecule has 0 fully saturated rings. The van der Waals surface area contributed by atoms with Crippen molar-refractivity contribution in [1.29, 1.82) is 0 Å². The molecule has 0 saturated heterocycles. The van der Waals surface area contributed by atoms with Gasteiger partial charge in [-0.2, -0.15) is 0 Å². The van der Waals surface area contributed by atoms with Crippen molar-refractivity contribution >= 4 is 35.3 Å². The number of nitrogens with zero attached hydrogens (tertiary/aromatic N) is 3. The standard InChI is InChI=1S/C23H27ClFN5S/c1-15-20(8-9-22(24)29(15)4)27-18-11-21-23(28(3)14-18)16(12-26-2)13-30(21)31-19-7-5-6-17(25)10-19/h5-11,13,15,26-27H,12,14H2,1-4H3. The highest BCUT2D eigenvalue weighted by Crippen LogP contribution is 2.37. The van der Waals surface area contributed by atoms with Gasteiger partial charge in [-0.05, 0) is 62.3 Å². The fourth-order valence-electron chi connectivity index (χ4n) is 3.91. The van der Waals surface area contributed by atoms with Crippen LogP contribution < -0.4 is 15.5 Å². The van der Waals surface area contributed by atoms with E-state index in [1.54, 1.807) is 12.1 Å². The summed E-state index contributed by atoms with van der Waals surface area (Å²) in [4.78, 5) is 5.15. The molecule has 3 heterocycles. The third-order valence-corrected chi connectivity index (χ3v) is 6.95. The van der Waals surface area contributed by atoms with Crippen LogP contribution in [-0.4, -0.2) is 42.6 Å². The predicted molar refractivity (Wildman–Crippen MR) is 128 cm³/mol. The van der Waals surface area contributed by atoms with Gasteiger partial charge in [0, 0.05) is 48.7 Å². The Morgan fingerprint density at radius 3 is 2.81 bits per heavy atom. The summed E-state index contributed by atoms with van der Waals surface area (Å²) < 4.78 is 15.8. The maximum Gasteiger partial charge on any atom is 0.124 e. The smallest absolute Gasteiger partial charge is 0.124 e. The van der Waals surface area contributed by atoms with Crippen LogP contribution in [0.15, 0.2) is 64.1 Å². The minimum atomic E-state index is -0.231. The number of fused-ring (bicyclic) bond motifs is 1. The molecule has 2 N–H and O–H groups in total. The number of benzene rings is 1. The molecule has 1 atom stereocenters. The Hall–Kier alpha value is -2.35. The van der Waals surface area contributed by atoms with E-state index in [0.717, 1.165) is 40.2 Å². The van der Waals surface area contributed by atoms with Crippen LogP contribution in [0.1, 0.15) is 18.2 Å². The summed E-state index contributed by atoms with van der Waals surface area (Å²) in [5.74, 6) is -0.231. The van der Waals surface area contributed by atoms with Crippen molar-refractivity contribution in [1.82, 2.24) is 19.5 Å². The first-order valence-corrected chi connectivity index (χ1v) is 11.3. The predicted octanol–water partition coefficient (Wildman–Crippen LogP) is 4.58. The lowest BCUT2D eigenvalue weighted by atomic mass is 10.1. The summed E-state index contributed by atoms with van der Waals surface area (Å²) in [6.07, 6.45) is 8.27. The molecule has 8 heteroatoms. The Morgan fingerprint density at radius 1 is 1.26 bits per heavy atom. The Balaban J connectivity index is 1.69. The van der Waals surface area contributed by atoms with E-state index in [9.17, 15) is 4.39 Å². The summed E-state index contributed by atoms with van der Waals surface area (Å²) in [5, 5.41) is 7.59. The second-order valence-electron chi connectivity index (χ2n) is 7.84. The molecule has 1 aromatic heterocycles. The molecule has 5 nitrogen and oxygen atoms in total. The fraction of sp³-hybridized carbons (Fsp3) is 0.304. The van der Waals surface area contributed by atoms with E-state index < -0.39 is 0 Å². The maximum absolute atomic E-state index is 13.7. The van der Waals surface area contributed by atoms with Gasteiger partial charge >= 0.3 is 0 Å². The zero-order chi connectivity index (χ0) is 22.1. The van der Waals surface area contributed by atoms with Gasteiger partial charge in [0.25, 0.3) is 0 Å². The van der Waals surface area contributed by atoms with Crippen LogP contribution >= 0.6 is 23.5 Å². The Kier molecular flexibility index (Phi) is 6.36. The van der Waals surface area contributed by atoms with Gasteiger partial charge < -0.3 is 20.4 Å². The minimum Gasteiger partial charge on any atom is -0.367 e. The van der Waals surface area contributed by atoms with Crippen LogP contribution in [0.5, 0.6) is 0 Å². The van der Waals surface area contributed by atoms with Crippen molar-refractivity contribution in [2.75, 3.05) is 32.6 Å². The average Bonchev–Trinajstić information content (AvgIpc) is 3.06. The average molecular weight is 460 g/mol. The van der Waals surface area contributed by atoms with Crippen molar-refractivity contribution < 1.29 is 4.39 Å². The lowest BCUT2D eigenvalue weighted by molar-refractivity contribution is 0.365. The number of hydrogen-bond acceptors (Lipinski definition) is 5. The van der Waals surface area contributed by atoms with E-state index in [1.165, 1.54) is 29.3 Å². The van der Waals surface area contributed by atoms with Crippen LogP contribution in [0.25, 0.3) is 6.08 Å². The highest BCUT2D eigenvalue weighted by Gasteiger charge is 2.26. The third-order valence-electron chi connectivity index (χ3n) is 5.60. The van der Waals surface area contributed by atoms with Gasteiger partial charge in [-0.3, -0.25) is 3.97 Å². The number of halogens is 2. The molecule has 164 valence electrons. The van der Waals surface area contributed by atoms with E-state index in [-0.39, 0.29) is 11.9 Å². The largest absolute Gasteiger partial charge is 0.367 e. The molecular formula is C23H27ClFN5S. The zero-order valence-corrected chi connectivity index (χ0v) is 19.7. The molecule has 0 amide bonds. The lowest BCUT2D eigenvalue weighted by Gasteiger charge is -2.34. The highest BCUT2D eigenvalue weighted by molar-refractivity contribution is 7.97. The monoisotopic (exact) mass is 459 g/mol. The normalized spacial score (nSPS) is 18.4. The number of rotatable bonds is 6. The first kappa shape index (κ1) is 21.9. The molecule has 0 saturated carbocycles. The zero-order valence-electron chi connectivity index (χ0n) is 18.1. The summed E-state index contributed by atoms with van der Waals surface area (Å²) >= 11 is 7.77. The summed E-state index contributed by atoms with van der Waals surface area (Å²) in [6, 6.07) is 6.84. The van der Waals surface area contributed by atoms with Gasteiger partial charge in [0.2, 0.25) is 0 Å². The van der Waals surface area contributed by atoms with Crippen molar-refractivity contribution in [2.24, 2.45) is 0 Å². The first-order valence-electron chi connectivity index (χ1n) is 10.2. The molecule has 2 aliphatic rings. The van der Waals surface area contributed by atoms with E-state index in [4.69, 9.17) is 11.6 Å². The minimum absolute atomic E-state index is 0.151.